The van der Waals surface area contributed by atoms with Crippen LogP contribution in [0.15, 0.2) is 26.9 Å². The smallest absolute Gasteiger partial charge is 0.342 e. The molecular formula is C9H4FN3O4S2. The molecule has 0 aliphatic carbocycles. The number of carboxylic acid groups (broad SMARTS) is 1. The van der Waals surface area contributed by atoms with E-state index in [1.807, 2.05) is 0 Å². The van der Waals surface area contributed by atoms with Gasteiger partial charge >= 0.3 is 5.97 Å². The van der Waals surface area contributed by atoms with Crippen LogP contribution in [0.3, 0.4) is 0 Å². The molecule has 0 unspecified atom stereocenters. The van der Waals surface area contributed by atoms with E-state index >= 15 is 0 Å². The quantitative estimate of drug-likeness (QED) is 0.682. The van der Waals surface area contributed by atoms with Gasteiger partial charge in [-0.1, -0.05) is 23.1 Å². The Morgan fingerprint density at radius 1 is 1.53 bits per heavy atom. The van der Waals surface area contributed by atoms with Crippen LogP contribution in [0, 0.1) is 15.9 Å². The highest BCUT2D eigenvalue weighted by Gasteiger charge is 2.24. The molecule has 0 aliphatic heterocycles. The zero-order valence-corrected chi connectivity index (χ0v) is 10.6. The minimum Gasteiger partial charge on any atom is -0.477 e. The Hall–Kier alpha value is -2.07. The molecule has 2 aromatic rings. The highest BCUT2D eigenvalue weighted by molar-refractivity contribution is 8.01. The number of hydrogen-bond donors (Lipinski definition) is 1. The fraction of sp³-hybridized carbons (Fsp3) is 0. The largest absolute Gasteiger partial charge is 0.477 e. The van der Waals surface area contributed by atoms with Gasteiger partial charge in [-0.2, -0.15) is 0 Å². The molecule has 1 aromatic carbocycles. The molecule has 0 fully saturated rings. The first-order valence-corrected chi connectivity index (χ1v) is 6.34. The van der Waals surface area contributed by atoms with E-state index in [1.54, 1.807) is 0 Å². The summed E-state index contributed by atoms with van der Waals surface area (Å²) >= 11 is 2.00. The van der Waals surface area contributed by atoms with Crippen molar-refractivity contribution in [2.75, 3.05) is 0 Å². The summed E-state index contributed by atoms with van der Waals surface area (Å²) in [5, 5.41) is 26.8. The van der Waals surface area contributed by atoms with Crippen molar-refractivity contribution >= 4 is 34.8 Å². The van der Waals surface area contributed by atoms with E-state index in [-0.39, 0.29) is 4.90 Å². The van der Waals surface area contributed by atoms with Crippen molar-refractivity contribution in [1.29, 1.82) is 0 Å². The SMILES string of the molecule is O=C(O)c1cc(Sc2nncs2)c(F)cc1[N+](=O)[O-]. The van der Waals surface area contributed by atoms with Crippen LogP contribution < -0.4 is 0 Å². The zero-order chi connectivity index (χ0) is 14.0. The van der Waals surface area contributed by atoms with Crippen molar-refractivity contribution in [3.63, 3.8) is 0 Å². The normalized spacial score (nSPS) is 10.4. The Balaban J connectivity index is 2.48. The second kappa shape index (κ2) is 5.28. The minimum absolute atomic E-state index is 0.0558. The van der Waals surface area contributed by atoms with Crippen LogP contribution in [0.25, 0.3) is 0 Å². The van der Waals surface area contributed by atoms with E-state index < -0.39 is 28.0 Å². The molecule has 0 spiro atoms. The van der Waals surface area contributed by atoms with Gasteiger partial charge in [0.2, 0.25) is 0 Å². The summed E-state index contributed by atoms with van der Waals surface area (Å²) in [6, 6.07) is 1.51. The molecule has 0 atom stereocenters. The molecule has 1 N–H and O–H groups in total. The second-order valence-corrected chi connectivity index (χ2v) is 5.29. The van der Waals surface area contributed by atoms with E-state index in [2.05, 4.69) is 10.2 Å². The van der Waals surface area contributed by atoms with Gasteiger partial charge in [0, 0.05) is 0 Å². The number of aromatic carboxylic acids is 1. The maximum atomic E-state index is 13.7. The predicted octanol–water partition coefficient (Wildman–Crippen LogP) is 2.43. The summed E-state index contributed by atoms with van der Waals surface area (Å²) in [6.07, 6.45) is 0. The molecular weight excluding hydrogens is 297 g/mol. The van der Waals surface area contributed by atoms with E-state index in [4.69, 9.17) is 5.11 Å². The van der Waals surface area contributed by atoms with E-state index in [0.717, 1.165) is 29.2 Å². The lowest BCUT2D eigenvalue weighted by atomic mass is 10.2. The molecule has 0 radical (unpaired) electrons. The highest BCUT2D eigenvalue weighted by atomic mass is 32.2. The number of nitro groups is 1. The molecule has 19 heavy (non-hydrogen) atoms. The number of aromatic nitrogens is 2. The molecule has 98 valence electrons. The van der Waals surface area contributed by atoms with Crippen molar-refractivity contribution in [3.8, 4) is 0 Å². The lowest BCUT2D eigenvalue weighted by Crippen LogP contribution is -2.04. The summed E-state index contributed by atoms with van der Waals surface area (Å²) in [5.74, 6) is -2.37. The van der Waals surface area contributed by atoms with Crippen LogP contribution in [-0.2, 0) is 0 Å². The lowest BCUT2D eigenvalue weighted by molar-refractivity contribution is -0.385. The minimum atomic E-state index is -1.49. The summed E-state index contributed by atoms with van der Waals surface area (Å²) < 4.78 is 14.1. The highest BCUT2D eigenvalue weighted by Crippen LogP contribution is 2.34. The monoisotopic (exact) mass is 301 g/mol. The van der Waals surface area contributed by atoms with Gasteiger partial charge in [0.05, 0.1) is 15.9 Å². The Kier molecular flexibility index (Phi) is 3.71. The summed E-state index contributed by atoms with van der Waals surface area (Å²) in [4.78, 5) is 20.6. The van der Waals surface area contributed by atoms with Crippen LogP contribution >= 0.6 is 23.1 Å². The standard InChI is InChI=1S/C9H4FN3O4S2/c10-5-2-6(13(16)17)4(8(14)15)1-7(5)19-9-12-11-3-18-9/h1-3H,(H,14,15). The maximum Gasteiger partial charge on any atom is 0.342 e. The molecule has 1 aromatic heterocycles. The van der Waals surface area contributed by atoms with Crippen molar-refractivity contribution in [1.82, 2.24) is 10.2 Å². The molecule has 0 saturated heterocycles. The van der Waals surface area contributed by atoms with Crippen molar-refractivity contribution in [3.05, 3.63) is 39.1 Å². The fourth-order valence-corrected chi connectivity index (χ4v) is 2.72. The van der Waals surface area contributed by atoms with Gasteiger partial charge in [0.15, 0.2) is 4.34 Å². The third-order valence-corrected chi connectivity index (χ3v) is 3.83. The Labute approximate surface area is 113 Å². The Bertz CT molecular complexity index is 647. The Morgan fingerprint density at radius 2 is 2.26 bits per heavy atom. The van der Waals surface area contributed by atoms with Crippen LogP contribution in [0.2, 0.25) is 0 Å². The van der Waals surface area contributed by atoms with Gasteiger partial charge in [-0.3, -0.25) is 10.1 Å². The molecule has 1 heterocycles. The fourth-order valence-electron chi connectivity index (χ4n) is 1.24. The molecule has 0 amide bonds. The first kappa shape index (κ1) is 13.4. The van der Waals surface area contributed by atoms with Gasteiger partial charge in [-0.05, 0) is 6.07 Å². The Morgan fingerprint density at radius 3 is 2.79 bits per heavy atom. The molecule has 2 rings (SSSR count). The van der Waals surface area contributed by atoms with Gasteiger partial charge in [-0.15, -0.1) is 10.2 Å². The number of rotatable bonds is 4. The third kappa shape index (κ3) is 2.85. The maximum absolute atomic E-state index is 13.7. The van der Waals surface area contributed by atoms with E-state index in [9.17, 15) is 19.3 Å². The van der Waals surface area contributed by atoms with Crippen LogP contribution in [-0.4, -0.2) is 26.2 Å². The zero-order valence-electron chi connectivity index (χ0n) is 8.94. The number of hydrogen-bond acceptors (Lipinski definition) is 7. The number of halogens is 1. The van der Waals surface area contributed by atoms with Gasteiger partial charge in [-0.25, -0.2) is 9.18 Å². The van der Waals surface area contributed by atoms with Gasteiger partial charge in [0.25, 0.3) is 5.69 Å². The van der Waals surface area contributed by atoms with Crippen molar-refractivity contribution < 1.29 is 19.2 Å². The van der Waals surface area contributed by atoms with Gasteiger partial charge in [0.1, 0.15) is 16.9 Å². The summed E-state index contributed by atoms with van der Waals surface area (Å²) in [7, 11) is 0. The molecule has 10 heteroatoms. The molecule has 0 aliphatic rings. The number of carbonyl (C=O) groups is 1. The second-order valence-electron chi connectivity index (χ2n) is 3.17. The lowest BCUT2D eigenvalue weighted by Gasteiger charge is -2.03. The van der Waals surface area contributed by atoms with Crippen LogP contribution in [0.4, 0.5) is 10.1 Å². The summed E-state index contributed by atoms with van der Waals surface area (Å²) in [5.41, 5.74) is 0.0778. The van der Waals surface area contributed by atoms with E-state index in [0.29, 0.717) is 10.4 Å². The number of nitrogens with zero attached hydrogens (tertiary/aromatic N) is 3. The molecule has 0 bridgehead atoms. The number of carboxylic acids is 1. The third-order valence-electron chi connectivity index (χ3n) is 2.01. The predicted molar refractivity (Wildman–Crippen MR) is 64.0 cm³/mol. The van der Waals surface area contributed by atoms with Crippen LogP contribution in [0.1, 0.15) is 10.4 Å². The number of benzene rings is 1. The van der Waals surface area contributed by atoms with E-state index in [1.165, 1.54) is 5.51 Å². The first-order valence-electron chi connectivity index (χ1n) is 4.64. The molecule has 7 nitrogen and oxygen atoms in total. The number of nitro benzene ring substituents is 1. The van der Waals surface area contributed by atoms with Crippen LogP contribution in [0.5, 0.6) is 0 Å². The topological polar surface area (TPSA) is 106 Å². The van der Waals surface area contributed by atoms with Crippen molar-refractivity contribution in [2.24, 2.45) is 0 Å². The average Bonchev–Trinajstić information content (AvgIpc) is 2.83. The first-order chi connectivity index (χ1) is 8.99. The van der Waals surface area contributed by atoms with Gasteiger partial charge < -0.3 is 5.11 Å². The molecule has 0 saturated carbocycles. The van der Waals surface area contributed by atoms with Crippen molar-refractivity contribution in [2.45, 2.75) is 9.24 Å². The average molecular weight is 301 g/mol. The summed E-state index contributed by atoms with van der Waals surface area (Å²) in [6.45, 7) is 0.